The molecular weight excluding hydrogens is 321 g/mol. The highest BCUT2D eigenvalue weighted by atomic mass is 127. The number of hydrogen-bond acceptors (Lipinski definition) is 4. The van der Waals surface area contributed by atoms with Crippen molar-refractivity contribution in [3.8, 4) is 0 Å². The van der Waals surface area contributed by atoms with E-state index >= 15 is 0 Å². The molecule has 16 heavy (non-hydrogen) atoms. The molecule has 96 valence electrons. The molecule has 0 rings (SSSR count). The Morgan fingerprint density at radius 3 is 2.44 bits per heavy atom. The highest BCUT2D eigenvalue weighted by Crippen LogP contribution is 2.14. The highest BCUT2D eigenvalue weighted by molar-refractivity contribution is 14.1. The van der Waals surface area contributed by atoms with Crippen LogP contribution in [0.1, 0.15) is 52.9 Å². The number of carbonyl (C=O) groups excluding carboxylic acids is 1. The maximum absolute atomic E-state index is 11.3. The molecule has 2 N–H and O–H groups in total. The Bertz CT molecular complexity index is 204. The summed E-state index contributed by atoms with van der Waals surface area (Å²) in [5.41, 5.74) is -0.377. The van der Waals surface area contributed by atoms with Gasteiger partial charge in [0.2, 0.25) is 0 Å². The van der Waals surface area contributed by atoms with E-state index in [4.69, 9.17) is 10.6 Å². The Hall–Kier alpha value is 0.120. The summed E-state index contributed by atoms with van der Waals surface area (Å²) in [5.74, 6) is 4.91. The van der Waals surface area contributed by atoms with Gasteiger partial charge >= 0.3 is 5.97 Å². The lowest BCUT2D eigenvalue weighted by atomic mass is 10.1. The number of hydrogen-bond donors (Lipinski definition) is 1. The maximum atomic E-state index is 11.3. The number of alkyl halides is 1. The molecule has 5 heteroatoms. The van der Waals surface area contributed by atoms with E-state index in [1.54, 1.807) is 0 Å². The third-order valence-electron chi connectivity index (χ3n) is 1.88. The van der Waals surface area contributed by atoms with Gasteiger partial charge in [0, 0.05) is 6.42 Å². The van der Waals surface area contributed by atoms with Gasteiger partial charge in [-0.1, -0.05) is 6.42 Å². The van der Waals surface area contributed by atoms with E-state index in [1.807, 2.05) is 20.8 Å². The minimum absolute atomic E-state index is 0.0686. The Kier molecular flexibility index (Phi) is 8.31. The first-order valence-corrected chi connectivity index (χ1v) is 6.81. The van der Waals surface area contributed by atoms with Crippen molar-refractivity contribution in [2.45, 2.75) is 62.6 Å². The van der Waals surface area contributed by atoms with Crippen molar-refractivity contribution in [1.29, 1.82) is 0 Å². The van der Waals surface area contributed by atoms with Gasteiger partial charge in [-0.05, 0) is 62.6 Å². The first-order chi connectivity index (χ1) is 7.35. The highest BCUT2D eigenvalue weighted by Gasteiger charge is 2.15. The number of esters is 1. The molecule has 0 aromatic rings. The molecule has 0 spiro atoms. The first kappa shape index (κ1) is 16.1. The van der Waals surface area contributed by atoms with Crippen LogP contribution in [-0.4, -0.2) is 15.7 Å². The number of unbranched alkanes of at least 4 members (excludes halogenated alkanes) is 2. The summed E-state index contributed by atoms with van der Waals surface area (Å²) in [5, 5.41) is 0. The fourth-order valence-electron chi connectivity index (χ4n) is 1.21. The smallest absolute Gasteiger partial charge is 0.306 e. The third kappa shape index (κ3) is 10.6. The standard InChI is InChI=1S/C11H22INO3/c1-11(2,3)15-10(14)8-6-4-5-7-9(12)16-13/h9H,4-8,13H2,1-3H3. The van der Waals surface area contributed by atoms with Gasteiger partial charge in [0.05, 0.1) is 0 Å². The van der Waals surface area contributed by atoms with Gasteiger partial charge in [0.15, 0.2) is 0 Å². The first-order valence-electron chi connectivity index (χ1n) is 5.56. The molecule has 0 saturated carbocycles. The van der Waals surface area contributed by atoms with Crippen LogP contribution in [0.25, 0.3) is 0 Å². The second-order valence-corrected chi connectivity index (χ2v) is 6.12. The van der Waals surface area contributed by atoms with Crippen LogP contribution in [-0.2, 0) is 14.4 Å². The largest absolute Gasteiger partial charge is 0.460 e. The normalized spacial score (nSPS) is 13.6. The summed E-state index contributed by atoms with van der Waals surface area (Å²) in [6.07, 6.45) is 4.30. The predicted octanol–water partition coefficient (Wildman–Crippen LogP) is 2.93. The third-order valence-corrected chi connectivity index (χ3v) is 2.80. The molecule has 0 fully saturated rings. The SMILES string of the molecule is CC(C)(C)OC(=O)CCCCCC(I)ON. The Morgan fingerprint density at radius 2 is 1.94 bits per heavy atom. The summed E-state index contributed by atoms with van der Waals surface area (Å²) < 4.78 is 5.27. The Labute approximate surface area is 111 Å². The minimum atomic E-state index is -0.377. The second kappa shape index (κ2) is 8.25. The molecule has 0 aliphatic carbocycles. The molecule has 0 radical (unpaired) electrons. The quantitative estimate of drug-likeness (QED) is 0.254. The van der Waals surface area contributed by atoms with E-state index < -0.39 is 0 Å². The zero-order valence-corrected chi connectivity index (χ0v) is 12.5. The number of nitrogens with two attached hydrogens (primary N) is 1. The molecule has 0 aliphatic rings. The van der Waals surface area contributed by atoms with E-state index in [-0.39, 0.29) is 15.7 Å². The van der Waals surface area contributed by atoms with Crippen LogP contribution in [0.3, 0.4) is 0 Å². The molecule has 0 aliphatic heterocycles. The van der Waals surface area contributed by atoms with Crippen LogP contribution >= 0.6 is 22.6 Å². The average molecular weight is 343 g/mol. The number of halogens is 1. The van der Waals surface area contributed by atoms with Gasteiger partial charge in [0.1, 0.15) is 9.71 Å². The van der Waals surface area contributed by atoms with Gasteiger partial charge in [0.25, 0.3) is 0 Å². The molecule has 0 aromatic heterocycles. The van der Waals surface area contributed by atoms with Crippen molar-refractivity contribution in [3.63, 3.8) is 0 Å². The predicted molar refractivity (Wildman–Crippen MR) is 72.0 cm³/mol. The van der Waals surface area contributed by atoms with Crippen molar-refractivity contribution in [3.05, 3.63) is 0 Å². The van der Waals surface area contributed by atoms with E-state index in [9.17, 15) is 4.79 Å². The van der Waals surface area contributed by atoms with Gasteiger partial charge in [-0.25, -0.2) is 5.90 Å². The lowest BCUT2D eigenvalue weighted by Crippen LogP contribution is -2.23. The van der Waals surface area contributed by atoms with E-state index in [1.165, 1.54) is 0 Å². The fourth-order valence-corrected chi connectivity index (χ4v) is 1.65. The molecule has 0 saturated heterocycles. The van der Waals surface area contributed by atoms with Gasteiger partial charge in [-0.3, -0.25) is 9.63 Å². The summed E-state index contributed by atoms with van der Waals surface area (Å²) in [6.45, 7) is 5.64. The van der Waals surface area contributed by atoms with Crippen LogP contribution < -0.4 is 5.90 Å². The van der Waals surface area contributed by atoms with Crippen LogP contribution in [0.2, 0.25) is 0 Å². The summed E-state index contributed by atoms with van der Waals surface area (Å²) in [6, 6.07) is 0. The maximum Gasteiger partial charge on any atom is 0.306 e. The number of carbonyl (C=O) groups is 1. The molecular formula is C11H22INO3. The van der Waals surface area contributed by atoms with Gasteiger partial charge in [-0.15, -0.1) is 0 Å². The molecule has 1 atom stereocenters. The van der Waals surface area contributed by atoms with Gasteiger partial charge in [-0.2, -0.15) is 0 Å². The molecule has 0 heterocycles. The van der Waals surface area contributed by atoms with Crippen LogP contribution in [0.15, 0.2) is 0 Å². The fraction of sp³-hybridized carbons (Fsp3) is 0.909. The lowest BCUT2D eigenvalue weighted by molar-refractivity contribution is -0.154. The minimum Gasteiger partial charge on any atom is -0.460 e. The lowest BCUT2D eigenvalue weighted by Gasteiger charge is -2.19. The van der Waals surface area contributed by atoms with Gasteiger partial charge < -0.3 is 4.74 Å². The molecule has 0 bridgehead atoms. The van der Waals surface area contributed by atoms with Crippen LogP contribution in [0, 0.1) is 0 Å². The number of rotatable bonds is 7. The topological polar surface area (TPSA) is 61.5 Å². The zero-order valence-electron chi connectivity index (χ0n) is 10.3. The molecule has 1 unspecified atom stereocenters. The Morgan fingerprint density at radius 1 is 1.31 bits per heavy atom. The summed E-state index contributed by atoms with van der Waals surface area (Å²) >= 11 is 2.15. The van der Waals surface area contributed by atoms with Crippen LogP contribution in [0.5, 0.6) is 0 Å². The van der Waals surface area contributed by atoms with Crippen molar-refractivity contribution < 1.29 is 14.4 Å². The summed E-state index contributed by atoms with van der Waals surface area (Å²) in [4.78, 5) is 16.0. The average Bonchev–Trinajstić information content (AvgIpc) is 2.14. The zero-order chi connectivity index (χ0) is 12.6. The van der Waals surface area contributed by atoms with Crippen molar-refractivity contribution in [2.75, 3.05) is 0 Å². The van der Waals surface area contributed by atoms with Crippen molar-refractivity contribution in [1.82, 2.24) is 0 Å². The number of ether oxygens (including phenoxy) is 1. The van der Waals surface area contributed by atoms with E-state index in [2.05, 4.69) is 27.4 Å². The van der Waals surface area contributed by atoms with Crippen molar-refractivity contribution in [2.24, 2.45) is 5.90 Å². The summed E-state index contributed by atoms with van der Waals surface area (Å²) in [7, 11) is 0. The van der Waals surface area contributed by atoms with E-state index in [0.29, 0.717) is 6.42 Å². The Balaban J connectivity index is 3.42. The van der Waals surface area contributed by atoms with E-state index in [0.717, 1.165) is 25.7 Å². The van der Waals surface area contributed by atoms with Crippen molar-refractivity contribution >= 4 is 28.6 Å². The molecule has 0 aromatic carbocycles. The molecule has 4 nitrogen and oxygen atoms in total. The second-order valence-electron chi connectivity index (χ2n) is 4.73. The molecule has 0 amide bonds. The monoisotopic (exact) mass is 343 g/mol. The van der Waals surface area contributed by atoms with Crippen LogP contribution in [0.4, 0.5) is 0 Å².